The standard InChI is InChI=1S/C18H28N2/c1-6-9-19-14(7-2)18-15(8-3)20-16-11-12(4)10-13(5)17(16)18/h10-11,14,19-20H,6-9H2,1-5H3. The van der Waals surface area contributed by atoms with Crippen LogP contribution in [0, 0.1) is 13.8 Å². The molecule has 0 saturated carbocycles. The van der Waals surface area contributed by atoms with Crippen molar-refractivity contribution in [2.24, 2.45) is 0 Å². The van der Waals surface area contributed by atoms with Crippen LogP contribution in [0.2, 0.25) is 0 Å². The second-order valence-electron chi connectivity index (χ2n) is 5.79. The fraction of sp³-hybridized carbons (Fsp3) is 0.556. The zero-order valence-electron chi connectivity index (χ0n) is 13.6. The number of aromatic amines is 1. The van der Waals surface area contributed by atoms with Gasteiger partial charge in [0.2, 0.25) is 0 Å². The fourth-order valence-corrected chi connectivity index (χ4v) is 3.24. The summed E-state index contributed by atoms with van der Waals surface area (Å²) in [6.07, 6.45) is 3.37. The minimum atomic E-state index is 0.458. The van der Waals surface area contributed by atoms with E-state index in [1.807, 2.05) is 0 Å². The van der Waals surface area contributed by atoms with Gasteiger partial charge in [-0.3, -0.25) is 0 Å². The third-order valence-corrected chi connectivity index (χ3v) is 4.11. The lowest BCUT2D eigenvalue weighted by atomic mass is 9.96. The molecule has 2 nitrogen and oxygen atoms in total. The van der Waals surface area contributed by atoms with Gasteiger partial charge in [-0.2, -0.15) is 0 Å². The van der Waals surface area contributed by atoms with Gasteiger partial charge in [0.1, 0.15) is 0 Å². The molecule has 1 aromatic carbocycles. The van der Waals surface area contributed by atoms with E-state index in [9.17, 15) is 0 Å². The Bertz CT molecular complexity index is 581. The van der Waals surface area contributed by atoms with Crippen LogP contribution in [0.25, 0.3) is 10.9 Å². The van der Waals surface area contributed by atoms with E-state index in [2.05, 4.69) is 57.1 Å². The van der Waals surface area contributed by atoms with E-state index in [-0.39, 0.29) is 0 Å². The normalized spacial score (nSPS) is 13.1. The van der Waals surface area contributed by atoms with Gasteiger partial charge < -0.3 is 10.3 Å². The van der Waals surface area contributed by atoms with E-state index in [4.69, 9.17) is 0 Å². The first-order valence-electron chi connectivity index (χ1n) is 7.97. The second kappa shape index (κ2) is 6.45. The number of nitrogens with one attached hydrogen (secondary N) is 2. The van der Waals surface area contributed by atoms with Crippen LogP contribution in [0.15, 0.2) is 12.1 Å². The van der Waals surface area contributed by atoms with Crippen LogP contribution in [0.3, 0.4) is 0 Å². The molecule has 1 heterocycles. The largest absolute Gasteiger partial charge is 0.358 e. The van der Waals surface area contributed by atoms with Crippen molar-refractivity contribution < 1.29 is 0 Å². The highest BCUT2D eigenvalue weighted by molar-refractivity contribution is 5.89. The fourth-order valence-electron chi connectivity index (χ4n) is 3.24. The van der Waals surface area contributed by atoms with Crippen LogP contribution >= 0.6 is 0 Å². The predicted octanol–water partition coefficient (Wildman–Crippen LogP) is 4.80. The highest BCUT2D eigenvalue weighted by Crippen LogP contribution is 2.33. The molecular formula is C18H28N2. The van der Waals surface area contributed by atoms with Crippen LogP contribution in [0.5, 0.6) is 0 Å². The topological polar surface area (TPSA) is 27.8 Å². The third-order valence-electron chi connectivity index (χ3n) is 4.11. The first kappa shape index (κ1) is 15.1. The number of hydrogen-bond acceptors (Lipinski definition) is 1. The maximum absolute atomic E-state index is 3.71. The third kappa shape index (κ3) is 2.76. The minimum Gasteiger partial charge on any atom is -0.358 e. The number of hydrogen-bond donors (Lipinski definition) is 2. The quantitative estimate of drug-likeness (QED) is 0.777. The average molecular weight is 272 g/mol. The molecule has 1 atom stereocenters. The van der Waals surface area contributed by atoms with Gasteiger partial charge in [-0.15, -0.1) is 0 Å². The molecule has 110 valence electrons. The molecule has 2 N–H and O–H groups in total. The molecule has 0 fully saturated rings. The second-order valence-corrected chi connectivity index (χ2v) is 5.79. The van der Waals surface area contributed by atoms with Crippen LogP contribution in [0.4, 0.5) is 0 Å². The van der Waals surface area contributed by atoms with Gasteiger partial charge in [-0.05, 0) is 62.4 Å². The molecule has 0 bridgehead atoms. The Balaban J connectivity index is 2.59. The van der Waals surface area contributed by atoms with E-state index < -0.39 is 0 Å². The smallest absolute Gasteiger partial charge is 0.0464 e. The van der Waals surface area contributed by atoms with Crippen molar-refractivity contribution >= 4 is 10.9 Å². The number of aryl methyl sites for hydroxylation is 3. The monoisotopic (exact) mass is 272 g/mol. The maximum Gasteiger partial charge on any atom is 0.0464 e. The van der Waals surface area contributed by atoms with Gasteiger partial charge >= 0.3 is 0 Å². The van der Waals surface area contributed by atoms with Gasteiger partial charge in [0.25, 0.3) is 0 Å². The highest BCUT2D eigenvalue weighted by atomic mass is 14.9. The molecule has 0 spiro atoms. The highest BCUT2D eigenvalue weighted by Gasteiger charge is 2.19. The van der Waals surface area contributed by atoms with Crippen molar-refractivity contribution in [2.75, 3.05) is 6.54 Å². The van der Waals surface area contributed by atoms with Crippen LogP contribution in [0.1, 0.15) is 62.0 Å². The van der Waals surface area contributed by atoms with Gasteiger partial charge in [0, 0.05) is 22.6 Å². The zero-order valence-corrected chi connectivity index (χ0v) is 13.6. The molecule has 2 aromatic rings. The Morgan fingerprint density at radius 1 is 1.15 bits per heavy atom. The molecule has 0 radical (unpaired) electrons. The lowest BCUT2D eigenvalue weighted by Crippen LogP contribution is -2.22. The summed E-state index contributed by atoms with van der Waals surface area (Å²) in [7, 11) is 0. The van der Waals surface area contributed by atoms with E-state index >= 15 is 0 Å². The maximum atomic E-state index is 3.71. The summed E-state index contributed by atoms with van der Waals surface area (Å²) in [6.45, 7) is 12.2. The molecule has 2 heteroatoms. The van der Waals surface area contributed by atoms with Crippen molar-refractivity contribution in [2.45, 2.75) is 59.9 Å². The van der Waals surface area contributed by atoms with Crippen molar-refractivity contribution in [3.8, 4) is 0 Å². The molecule has 20 heavy (non-hydrogen) atoms. The summed E-state index contributed by atoms with van der Waals surface area (Å²) >= 11 is 0. The first-order valence-corrected chi connectivity index (χ1v) is 7.97. The predicted molar refractivity (Wildman–Crippen MR) is 88.5 cm³/mol. The van der Waals surface area contributed by atoms with E-state index in [0.717, 1.165) is 19.4 Å². The molecule has 2 rings (SSSR count). The van der Waals surface area contributed by atoms with Gasteiger partial charge in [0.15, 0.2) is 0 Å². The Hall–Kier alpha value is -1.28. The van der Waals surface area contributed by atoms with Crippen molar-refractivity contribution in [1.82, 2.24) is 10.3 Å². The van der Waals surface area contributed by atoms with Crippen LogP contribution < -0.4 is 5.32 Å². The Morgan fingerprint density at radius 2 is 1.90 bits per heavy atom. The molecule has 1 unspecified atom stereocenters. The lowest BCUT2D eigenvalue weighted by Gasteiger charge is -2.19. The minimum absolute atomic E-state index is 0.458. The Kier molecular flexibility index (Phi) is 4.87. The molecular weight excluding hydrogens is 244 g/mol. The van der Waals surface area contributed by atoms with E-state index in [1.165, 1.54) is 39.7 Å². The Labute approximate surface area is 123 Å². The molecule has 0 aliphatic carbocycles. The molecule has 0 aliphatic rings. The van der Waals surface area contributed by atoms with Crippen molar-refractivity contribution in [1.29, 1.82) is 0 Å². The average Bonchev–Trinajstić information content (AvgIpc) is 2.78. The van der Waals surface area contributed by atoms with Gasteiger partial charge in [-0.1, -0.05) is 26.8 Å². The zero-order chi connectivity index (χ0) is 14.7. The number of benzene rings is 1. The summed E-state index contributed by atoms with van der Waals surface area (Å²) < 4.78 is 0. The summed E-state index contributed by atoms with van der Waals surface area (Å²) in [5.74, 6) is 0. The van der Waals surface area contributed by atoms with Crippen LogP contribution in [-0.4, -0.2) is 11.5 Å². The summed E-state index contributed by atoms with van der Waals surface area (Å²) in [5.41, 5.74) is 6.91. The number of H-pyrrole nitrogens is 1. The molecule has 0 saturated heterocycles. The summed E-state index contributed by atoms with van der Waals surface area (Å²) in [5, 5.41) is 5.14. The molecule has 0 amide bonds. The van der Waals surface area contributed by atoms with Crippen LogP contribution in [-0.2, 0) is 6.42 Å². The lowest BCUT2D eigenvalue weighted by molar-refractivity contribution is 0.518. The molecule has 1 aromatic heterocycles. The van der Waals surface area contributed by atoms with E-state index in [0.29, 0.717) is 6.04 Å². The summed E-state index contributed by atoms with van der Waals surface area (Å²) in [6, 6.07) is 5.03. The number of fused-ring (bicyclic) bond motifs is 1. The van der Waals surface area contributed by atoms with Crippen molar-refractivity contribution in [3.05, 3.63) is 34.5 Å². The van der Waals surface area contributed by atoms with E-state index in [1.54, 1.807) is 0 Å². The number of rotatable bonds is 6. The van der Waals surface area contributed by atoms with Gasteiger partial charge in [-0.25, -0.2) is 0 Å². The molecule has 0 aliphatic heterocycles. The summed E-state index contributed by atoms with van der Waals surface area (Å²) in [4.78, 5) is 3.65. The SMILES string of the molecule is CCCNC(CC)c1c(CC)[nH]c2cc(C)cc(C)c12. The number of aromatic nitrogens is 1. The first-order chi connectivity index (χ1) is 9.62. The Morgan fingerprint density at radius 3 is 2.50 bits per heavy atom. The van der Waals surface area contributed by atoms with Crippen molar-refractivity contribution in [3.63, 3.8) is 0 Å². The van der Waals surface area contributed by atoms with Gasteiger partial charge in [0.05, 0.1) is 0 Å².